The molecule has 0 amide bonds. The van der Waals surface area contributed by atoms with Gasteiger partial charge in [0.2, 0.25) is 0 Å². The zero-order chi connectivity index (χ0) is 17.0. The smallest absolute Gasteiger partial charge is 0.303 e. The van der Waals surface area contributed by atoms with E-state index in [2.05, 4.69) is 58.1 Å². The van der Waals surface area contributed by atoms with E-state index in [-0.39, 0.29) is 12.1 Å². The third-order valence-electron chi connectivity index (χ3n) is 5.39. The van der Waals surface area contributed by atoms with Crippen molar-refractivity contribution in [3.8, 4) is 0 Å². The average Bonchev–Trinajstić information content (AvgIpc) is 2.47. The molecule has 0 heterocycles. The molecule has 3 atom stereocenters. The van der Waals surface area contributed by atoms with Crippen molar-refractivity contribution in [3.63, 3.8) is 0 Å². The topological polar surface area (TPSA) is 26.3 Å². The summed E-state index contributed by atoms with van der Waals surface area (Å²) in [5.41, 5.74) is 0. The maximum absolute atomic E-state index is 12.6. The number of esters is 1. The van der Waals surface area contributed by atoms with Crippen molar-refractivity contribution in [1.82, 2.24) is 0 Å². The van der Waals surface area contributed by atoms with E-state index in [9.17, 15) is 4.79 Å². The lowest BCUT2D eigenvalue weighted by Crippen LogP contribution is -2.44. The number of rotatable bonds is 5. The first-order chi connectivity index (χ1) is 10.8. The number of hydrogen-bond acceptors (Lipinski definition) is 2. The van der Waals surface area contributed by atoms with Crippen molar-refractivity contribution < 1.29 is 9.53 Å². The van der Waals surface area contributed by atoms with E-state index in [4.69, 9.17) is 4.74 Å². The molecular weight excluding hydrogens is 300 g/mol. The minimum absolute atomic E-state index is 0.00951. The lowest BCUT2D eigenvalue weighted by Gasteiger charge is -2.37. The fourth-order valence-corrected chi connectivity index (χ4v) is 5.92. The molecule has 128 valence electrons. The van der Waals surface area contributed by atoms with E-state index in [1.807, 2.05) is 6.07 Å². The van der Waals surface area contributed by atoms with Gasteiger partial charge in [-0.1, -0.05) is 75.8 Å². The number of carbonyl (C=O) groups excluding carboxylic acids is 1. The van der Waals surface area contributed by atoms with Crippen LogP contribution in [0.15, 0.2) is 30.3 Å². The molecule has 1 aromatic rings. The van der Waals surface area contributed by atoms with Crippen molar-refractivity contribution in [3.05, 3.63) is 30.3 Å². The summed E-state index contributed by atoms with van der Waals surface area (Å²) in [5, 5.41) is 1.33. The molecule has 0 spiro atoms. The second-order valence-electron chi connectivity index (χ2n) is 8.28. The summed E-state index contributed by atoms with van der Waals surface area (Å²) in [6, 6.07) is 11.0. The molecule has 1 aliphatic carbocycles. The molecule has 23 heavy (non-hydrogen) atoms. The molecule has 3 heteroatoms. The van der Waals surface area contributed by atoms with Crippen molar-refractivity contribution in [2.75, 3.05) is 0 Å². The maximum atomic E-state index is 12.6. The summed E-state index contributed by atoms with van der Waals surface area (Å²) in [6.45, 7) is 11.3. The molecule has 1 aromatic carbocycles. The molecule has 0 saturated heterocycles. The van der Waals surface area contributed by atoms with Gasteiger partial charge in [-0.05, 0) is 30.6 Å². The normalized spacial score (nSPS) is 25.4. The summed E-state index contributed by atoms with van der Waals surface area (Å²) < 4.78 is 5.99. The van der Waals surface area contributed by atoms with E-state index in [0.29, 0.717) is 23.8 Å². The predicted octanol–water partition coefficient (Wildman–Crippen LogP) is 4.61. The molecule has 1 fully saturated rings. The summed E-state index contributed by atoms with van der Waals surface area (Å²) in [6.07, 6.45) is 3.60. The highest BCUT2D eigenvalue weighted by Gasteiger charge is 2.35. The van der Waals surface area contributed by atoms with E-state index >= 15 is 0 Å². The second-order valence-corrected chi connectivity index (χ2v) is 13.0. The summed E-state index contributed by atoms with van der Waals surface area (Å²) >= 11 is 0. The Kier molecular flexibility index (Phi) is 6.07. The standard InChI is InChI=1S/C20H32O2Si/c1-15(2)18-12-11-16(3)13-19(18)22-20(21)14-23(4,5)17-9-7-6-8-10-17/h6-10,15-16,18-19H,11-14H2,1-5H3/t16-,18+,19-/m1/s1. The quantitative estimate of drug-likeness (QED) is 0.581. The van der Waals surface area contributed by atoms with Gasteiger partial charge in [0.1, 0.15) is 6.10 Å². The van der Waals surface area contributed by atoms with Crippen LogP contribution in [0.2, 0.25) is 19.1 Å². The second kappa shape index (κ2) is 7.65. The number of carbonyl (C=O) groups is 1. The highest BCUT2D eigenvalue weighted by atomic mass is 28.3. The van der Waals surface area contributed by atoms with Gasteiger partial charge in [0, 0.05) is 6.04 Å². The van der Waals surface area contributed by atoms with Crippen LogP contribution in [0.5, 0.6) is 0 Å². The SMILES string of the molecule is CC(C)[C@@H]1CC[C@@H](C)C[C@H]1OC(=O)C[Si](C)(C)c1ccccc1. The molecule has 2 rings (SSSR count). The lowest BCUT2D eigenvalue weighted by molar-refractivity contribution is -0.153. The van der Waals surface area contributed by atoms with Gasteiger partial charge >= 0.3 is 5.97 Å². The Balaban J connectivity index is 2.00. The molecule has 0 aliphatic heterocycles. The van der Waals surface area contributed by atoms with Gasteiger partial charge in [-0.2, -0.15) is 0 Å². The average molecular weight is 333 g/mol. The highest BCUT2D eigenvalue weighted by molar-refractivity contribution is 6.91. The van der Waals surface area contributed by atoms with Gasteiger partial charge in [-0.3, -0.25) is 4.79 Å². The molecule has 0 aromatic heterocycles. The van der Waals surface area contributed by atoms with Crippen LogP contribution in [-0.4, -0.2) is 20.1 Å². The zero-order valence-corrected chi connectivity index (χ0v) is 16.3. The van der Waals surface area contributed by atoms with E-state index in [0.717, 1.165) is 6.42 Å². The van der Waals surface area contributed by atoms with Crippen molar-refractivity contribution in [2.24, 2.45) is 17.8 Å². The number of ether oxygens (including phenoxy) is 1. The zero-order valence-electron chi connectivity index (χ0n) is 15.3. The molecule has 0 unspecified atom stereocenters. The lowest BCUT2D eigenvalue weighted by atomic mass is 9.75. The van der Waals surface area contributed by atoms with Gasteiger partial charge in [0.25, 0.3) is 0 Å². The summed E-state index contributed by atoms with van der Waals surface area (Å²) in [7, 11) is -1.77. The van der Waals surface area contributed by atoms with E-state index in [1.54, 1.807) is 0 Å². The van der Waals surface area contributed by atoms with Crippen molar-refractivity contribution in [1.29, 1.82) is 0 Å². The Labute approximate surface area is 142 Å². The van der Waals surface area contributed by atoms with Gasteiger partial charge < -0.3 is 4.74 Å². The van der Waals surface area contributed by atoms with Gasteiger partial charge in [-0.15, -0.1) is 0 Å². The molecule has 2 nitrogen and oxygen atoms in total. The highest BCUT2D eigenvalue weighted by Crippen LogP contribution is 2.35. The first kappa shape index (κ1) is 18.2. The van der Waals surface area contributed by atoms with Gasteiger partial charge in [-0.25, -0.2) is 0 Å². The maximum Gasteiger partial charge on any atom is 0.303 e. The molecule has 0 bridgehead atoms. The minimum atomic E-state index is -1.77. The third kappa shape index (κ3) is 4.94. The Hall–Kier alpha value is -1.09. The van der Waals surface area contributed by atoms with Crippen LogP contribution in [0.3, 0.4) is 0 Å². The van der Waals surface area contributed by atoms with E-state index in [1.165, 1.54) is 18.0 Å². The molecule has 1 aliphatic rings. The Morgan fingerprint density at radius 3 is 2.48 bits per heavy atom. The molecule has 1 saturated carbocycles. The van der Waals surface area contributed by atoms with Crippen LogP contribution in [-0.2, 0) is 9.53 Å². The van der Waals surface area contributed by atoms with E-state index < -0.39 is 8.07 Å². The summed E-state index contributed by atoms with van der Waals surface area (Å²) in [4.78, 5) is 12.6. The van der Waals surface area contributed by atoms with Crippen LogP contribution in [0.25, 0.3) is 0 Å². The first-order valence-corrected chi connectivity index (χ1v) is 12.3. The van der Waals surface area contributed by atoms with Crippen molar-refractivity contribution in [2.45, 2.75) is 65.3 Å². The molecule has 0 N–H and O–H groups in total. The Morgan fingerprint density at radius 2 is 1.87 bits per heavy atom. The minimum Gasteiger partial charge on any atom is -0.462 e. The predicted molar refractivity (Wildman–Crippen MR) is 99.6 cm³/mol. The first-order valence-electron chi connectivity index (χ1n) is 9.04. The Bertz CT molecular complexity index is 510. The fourth-order valence-electron chi connectivity index (χ4n) is 3.81. The van der Waals surface area contributed by atoms with Crippen LogP contribution < -0.4 is 5.19 Å². The van der Waals surface area contributed by atoms with Crippen LogP contribution in [0, 0.1) is 17.8 Å². The summed E-state index contributed by atoms with van der Waals surface area (Å²) in [5.74, 6) is 1.79. The van der Waals surface area contributed by atoms with Crippen LogP contribution >= 0.6 is 0 Å². The molecular formula is C20H32O2Si. The van der Waals surface area contributed by atoms with Gasteiger partial charge in [0.15, 0.2) is 0 Å². The van der Waals surface area contributed by atoms with Gasteiger partial charge in [0.05, 0.1) is 8.07 Å². The monoisotopic (exact) mass is 332 g/mol. The van der Waals surface area contributed by atoms with Crippen LogP contribution in [0.1, 0.15) is 40.0 Å². The van der Waals surface area contributed by atoms with Crippen LogP contribution in [0.4, 0.5) is 0 Å². The third-order valence-corrected chi connectivity index (χ3v) is 8.45. The number of benzene rings is 1. The molecule has 0 radical (unpaired) electrons. The fraction of sp³-hybridized carbons (Fsp3) is 0.650. The largest absolute Gasteiger partial charge is 0.462 e. The van der Waals surface area contributed by atoms with Crippen molar-refractivity contribution >= 4 is 19.2 Å². The number of hydrogen-bond donors (Lipinski definition) is 0. The Morgan fingerprint density at radius 1 is 1.22 bits per heavy atom.